The molecule has 1 saturated heterocycles. The number of para-hydroxylation sites is 1. The van der Waals surface area contributed by atoms with Gasteiger partial charge in [-0.25, -0.2) is 4.79 Å². The van der Waals surface area contributed by atoms with Gasteiger partial charge >= 0.3 is 5.97 Å². The third kappa shape index (κ3) is 5.99. The molecule has 2 heterocycles. The van der Waals surface area contributed by atoms with Gasteiger partial charge in [0.15, 0.2) is 0 Å². The lowest BCUT2D eigenvalue weighted by molar-refractivity contribution is -0.00253. The molecule has 1 spiro atoms. The highest BCUT2D eigenvalue weighted by molar-refractivity contribution is 6.30. The molecular formula is C26H32ClNO5. The van der Waals surface area contributed by atoms with Gasteiger partial charge in [-0.05, 0) is 56.7 Å². The van der Waals surface area contributed by atoms with E-state index in [0.717, 1.165) is 43.1 Å². The summed E-state index contributed by atoms with van der Waals surface area (Å²) in [6.45, 7) is 7.76. The Balaban J connectivity index is 1.27. The summed E-state index contributed by atoms with van der Waals surface area (Å²) < 4.78 is 17.6. The van der Waals surface area contributed by atoms with Gasteiger partial charge in [0.05, 0.1) is 0 Å². The van der Waals surface area contributed by atoms with Gasteiger partial charge in [-0.1, -0.05) is 23.7 Å². The number of fused-ring (bicyclic) bond motifs is 1. The lowest BCUT2D eigenvalue weighted by atomic mass is 9.87. The highest BCUT2D eigenvalue weighted by atomic mass is 35.5. The van der Waals surface area contributed by atoms with E-state index in [1.807, 2.05) is 39.0 Å². The molecule has 0 aliphatic carbocycles. The predicted octanol–water partition coefficient (Wildman–Crippen LogP) is 4.50. The second-order valence-electron chi connectivity index (χ2n) is 9.98. The molecule has 0 aromatic heterocycles. The quantitative estimate of drug-likeness (QED) is 0.623. The van der Waals surface area contributed by atoms with Crippen LogP contribution in [0.5, 0.6) is 11.5 Å². The topological polar surface area (TPSA) is 68.2 Å². The Morgan fingerprint density at radius 2 is 1.94 bits per heavy atom. The van der Waals surface area contributed by atoms with Crippen molar-refractivity contribution in [3.63, 3.8) is 0 Å². The maximum Gasteiger partial charge on any atom is 0.342 e. The summed E-state index contributed by atoms with van der Waals surface area (Å²) in [6.07, 6.45) is 2.00. The zero-order valence-electron chi connectivity index (χ0n) is 19.5. The summed E-state index contributed by atoms with van der Waals surface area (Å²) in [4.78, 5) is 14.7. The summed E-state index contributed by atoms with van der Waals surface area (Å²) in [5.41, 5.74) is 0.772. The number of aliphatic hydroxyl groups excluding tert-OH is 1. The molecule has 0 amide bonds. The highest BCUT2D eigenvalue weighted by Gasteiger charge is 2.42. The molecule has 0 bridgehead atoms. The highest BCUT2D eigenvalue weighted by Crippen LogP contribution is 2.41. The van der Waals surface area contributed by atoms with Crippen molar-refractivity contribution in [3.05, 3.63) is 58.6 Å². The third-order valence-corrected chi connectivity index (χ3v) is 6.27. The van der Waals surface area contributed by atoms with Gasteiger partial charge in [-0.2, -0.15) is 0 Å². The van der Waals surface area contributed by atoms with Crippen LogP contribution in [0.3, 0.4) is 0 Å². The van der Waals surface area contributed by atoms with Gasteiger partial charge in [0.1, 0.15) is 41.0 Å². The minimum Gasteiger partial charge on any atom is -0.490 e. The number of β-amino-alcohol motifs (C(OH)–C–C–N with tert-alkyl or cyclic N) is 1. The molecule has 178 valence electrons. The minimum atomic E-state index is -0.675. The summed E-state index contributed by atoms with van der Waals surface area (Å²) in [6, 6.07) is 12.8. The molecule has 6 nitrogen and oxygen atoms in total. The van der Waals surface area contributed by atoms with Gasteiger partial charge in [-0.15, -0.1) is 0 Å². The molecule has 0 saturated carbocycles. The number of halogens is 1. The summed E-state index contributed by atoms with van der Waals surface area (Å²) in [5, 5.41) is 11.3. The van der Waals surface area contributed by atoms with Crippen LogP contribution in [0, 0.1) is 0 Å². The van der Waals surface area contributed by atoms with E-state index in [9.17, 15) is 9.90 Å². The first-order valence-electron chi connectivity index (χ1n) is 11.5. The van der Waals surface area contributed by atoms with Crippen molar-refractivity contribution in [2.45, 2.75) is 57.3 Å². The van der Waals surface area contributed by atoms with Gasteiger partial charge < -0.3 is 24.2 Å². The van der Waals surface area contributed by atoms with Crippen LogP contribution in [-0.4, -0.2) is 59.5 Å². The molecule has 1 atom stereocenters. The van der Waals surface area contributed by atoms with E-state index < -0.39 is 17.7 Å². The molecule has 2 aliphatic rings. The molecule has 1 N–H and O–H groups in total. The lowest BCUT2D eigenvalue weighted by Gasteiger charge is -2.39. The molecule has 7 heteroatoms. The van der Waals surface area contributed by atoms with Crippen LogP contribution >= 0.6 is 11.6 Å². The smallest absolute Gasteiger partial charge is 0.342 e. The number of rotatable bonds is 6. The molecule has 2 aliphatic heterocycles. The second-order valence-corrected chi connectivity index (χ2v) is 10.4. The average molecular weight is 474 g/mol. The zero-order valence-corrected chi connectivity index (χ0v) is 20.2. The number of aliphatic hydroxyl groups is 1. The second kappa shape index (κ2) is 9.53. The first-order chi connectivity index (χ1) is 15.6. The summed E-state index contributed by atoms with van der Waals surface area (Å²) in [5.74, 6) is 0.914. The number of hydrogen-bond donors (Lipinski definition) is 1. The van der Waals surface area contributed by atoms with Crippen molar-refractivity contribution in [1.82, 2.24) is 4.90 Å². The maximum atomic E-state index is 12.5. The number of piperidine rings is 1. The van der Waals surface area contributed by atoms with Crippen LogP contribution in [0.25, 0.3) is 0 Å². The average Bonchev–Trinajstić information content (AvgIpc) is 3.10. The van der Waals surface area contributed by atoms with Crippen molar-refractivity contribution >= 4 is 17.6 Å². The van der Waals surface area contributed by atoms with Crippen molar-refractivity contribution in [2.24, 2.45) is 0 Å². The van der Waals surface area contributed by atoms with Crippen LogP contribution in [0.2, 0.25) is 5.02 Å². The Hall–Kier alpha value is -2.28. The van der Waals surface area contributed by atoms with Crippen molar-refractivity contribution < 1.29 is 24.1 Å². The zero-order chi connectivity index (χ0) is 23.6. The van der Waals surface area contributed by atoms with E-state index >= 15 is 0 Å². The largest absolute Gasteiger partial charge is 0.490 e. The number of carbonyl (C=O) groups is 1. The number of benzene rings is 2. The standard InChI is InChI=1S/C26H32ClNO5/c1-25(2,3)33-24(30)21-6-4-5-7-23(21)31-17-20(29)16-28-12-10-26(11-13-28)15-18-14-19(27)8-9-22(18)32-26/h4-9,14,20,29H,10-13,15-17H2,1-3H3/t20-/m0/s1. The third-order valence-electron chi connectivity index (χ3n) is 6.03. The van der Waals surface area contributed by atoms with Crippen molar-refractivity contribution in [1.29, 1.82) is 0 Å². The van der Waals surface area contributed by atoms with Crippen LogP contribution in [0.4, 0.5) is 0 Å². The fraction of sp³-hybridized carbons (Fsp3) is 0.500. The Bertz CT molecular complexity index is 994. The minimum absolute atomic E-state index is 0.0991. The maximum absolute atomic E-state index is 12.5. The van der Waals surface area contributed by atoms with E-state index in [-0.39, 0.29) is 12.2 Å². The van der Waals surface area contributed by atoms with Crippen LogP contribution < -0.4 is 9.47 Å². The molecular weight excluding hydrogens is 442 g/mol. The van der Waals surface area contributed by atoms with Gasteiger partial charge in [0, 0.05) is 43.9 Å². The molecule has 1 fully saturated rings. The Morgan fingerprint density at radius 1 is 1.21 bits per heavy atom. The number of carbonyl (C=O) groups excluding carboxylic acids is 1. The Morgan fingerprint density at radius 3 is 2.67 bits per heavy atom. The normalized spacial score (nSPS) is 18.5. The first-order valence-corrected chi connectivity index (χ1v) is 11.8. The monoisotopic (exact) mass is 473 g/mol. The van der Waals surface area contributed by atoms with Gasteiger partial charge in [-0.3, -0.25) is 0 Å². The first kappa shape index (κ1) is 23.9. The Labute approximate surface area is 200 Å². The summed E-state index contributed by atoms with van der Waals surface area (Å²) >= 11 is 6.13. The van der Waals surface area contributed by atoms with Crippen LogP contribution in [0.15, 0.2) is 42.5 Å². The lowest BCUT2D eigenvalue weighted by Crippen LogP contribution is -2.49. The van der Waals surface area contributed by atoms with Gasteiger partial charge in [0.2, 0.25) is 0 Å². The van der Waals surface area contributed by atoms with E-state index in [4.69, 9.17) is 25.8 Å². The molecule has 33 heavy (non-hydrogen) atoms. The molecule has 0 unspecified atom stereocenters. The van der Waals surface area contributed by atoms with Crippen LogP contribution in [-0.2, 0) is 11.2 Å². The number of esters is 1. The van der Waals surface area contributed by atoms with Crippen molar-refractivity contribution in [2.75, 3.05) is 26.2 Å². The predicted molar refractivity (Wildman–Crippen MR) is 127 cm³/mol. The van der Waals surface area contributed by atoms with E-state index in [2.05, 4.69) is 4.90 Å². The fourth-order valence-corrected chi connectivity index (χ4v) is 4.65. The number of ether oxygens (including phenoxy) is 3. The van der Waals surface area contributed by atoms with E-state index in [1.165, 1.54) is 5.56 Å². The fourth-order valence-electron chi connectivity index (χ4n) is 4.46. The summed E-state index contributed by atoms with van der Waals surface area (Å²) in [7, 11) is 0. The SMILES string of the molecule is CC(C)(C)OC(=O)c1ccccc1OC[C@@H](O)CN1CCC2(CC1)Cc1cc(Cl)ccc1O2. The molecule has 2 aromatic carbocycles. The van der Waals surface area contributed by atoms with E-state index in [0.29, 0.717) is 17.9 Å². The molecule has 4 rings (SSSR count). The molecule has 2 aromatic rings. The van der Waals surface area contributed by atoms with Crippen LogP contribution in [0.1, 0.15) is 49.5 Å². The number of hydrogen-bond acceptors (Lipinski definition) is 6. The van der Waals surface area contributed by atoms with Crippen molar-refractivity contribution in [3.8, 4) is 11.5 Å². The molecule has 0 radical (unpaired) electrons. The van der Waals surface area contributed by atoms with E-state index in [1.54, 1.807) is 24.3 Å². The van der Waals surface area contributed by atoms with Gasteiger partial charge in [0.25, 0.3) is 0 Å². The number of nitrogens with zero attached hydrogens (tertiary/aromatic N) is 1. The Kier molecular flexibility index (Phi) is 6.89. The number of likely N-dealkylation sites (tertiary alicyclic amines) is 1.